The van der Waals surface area contributed by atoms with Crippen LogP contribution in [-0.2, 0) is 25.4 Å². The summed E-state index contributed by atoms with van der Waals surface area (Å²) in [6.45, 7) is 1.90. The molecule has 106 valence electrons. The van der Waals surface area contributed by atoms with Gasteiger partial charge >= 0.3 is 6.16 Å². The number of ketones is 1. The highest BCUT2D eigenvalue weighted by molar-refractivity contribution is 5.94. The lowest BCUT2D eigenvalue weighted by molar-refractivity contribution is -0.153. The van der Waals surface area contributed by atoms with Crippen molar-refractivity contribution in [3.05, 3.63) is 48.0 Å². The minimum atomic E-state index is -0.888. The molecule has 0 aromatic heterocycles. The van der Waals surface area contributed by atoms with Gasteiger partial charge in [0.25, 0.3) is 0 Å². The fourth-order valence-corrected chi connectivity index (χ4v) is 1.85. The quantitative estimate of drug-likeness (QED) is 0.789. The van der Waals surface area contributed by atoms with Gasteiger partial charge in [-0.2, -0.15) is 0 Å². The van der Waals surface area contributed by atoms with Crippen molar-refractivity contribution in [2.45, 2.75) is 25.7 Å². The van der Waals surface area contributed by atoms with Gasteiger partial charge in [-0.1, -0.05) is 30.3 Å². The van der Waals surface area contributed by atoms with Crippen molar-refractivity contribution in [3.63, 3.8) is 0 Å². The molecule has 0 saturated carbocycles. The van der Waals surface area contributed by atoms with Crippen LogP contribution in [0, 0.1) is 0 Å². The lowest BCUT2D eigenvalue weighted by atomic mass is 10.0. The van der Waals surface area contributed by atoms with Gasteiger partial charge in [0.2, 0.25) is 6.29 Å². The summed E-state index contributed by atoms with van der Waals surface area (Å²) in [5.41, 5.74) is 0.982. The highest BCUT2D eigenvalue weighted by Gasteiger charge is 2.27. The largest absolute Gasteiger partial charge is 0.510 e. The predicted octanol–water partition coefficient (Wildman–Crippen LogP) is 2.25. The molecule has 20 heavy (non-hydrogen) atoms. The van der Waals surface area contributed by atoms with Crippen LogP contribution in [0.5, 0.6) is 0 Å². The smallest absolute Gasteiger partial charge is 0.435 e. The van der Waals surface area contributed by atoms with Gasteiger partial charge in [0, 0.05) is 6.42 Å². The molecule has 2 atom stereocenters. The molecule has 2 unspecified atom stereocenters. The van der Waals surface area contributed by atoms with Gasteiger partial charge in [-0.05, 0) is 24.6 Å². The minimum absolute atomic E-state index is 0.141. The van der Waals surface area contributed by atoms with Gasteiger partial charge < -0.3 is 14.2 Å². The third kappa shape index (κ3) is 3.93. The average molecular weight is 276 g/mol. The number of hydrogen-bond donors (Lipinski definition) is 0. The van der Waals surface area contributed by atoms with E-state index in [9.17, 15) is 9.59 Å². The normalized spacial score (nSPS) is 21.6. The second-order valence-corrected chi connectivity index (χ2v) is 4.25. The van der Waals surface area contributed by atoms with Crippen LogP contribution in [-0.4, -0.2) is 30.9 Å². The summed E-state index contributed by atoms with van der Waals surface area (Å²) in [4.78, 5) is 23.0. The van der Waals surface area contributed by atoms with Crippen LogP contribution in [0.1, 0.15) is 12.5 Å². The second kappa shape index (κ2) is 6.86. The van der Waals surface area contributed by atoms with Gasteiger partial charge in [-0.15, -0.1) is 0 Å². The van der Waals surface area contributed by atoms with E-state index in [0.717, 1.165) is 5.56 Å². The van der Waals surface area contributed by atoms with E-state index in [1.54, 1.807) is 6.92 Å². The molecule has 0 amide bonds. The van der Waals surface area contributed by atoms with Gasteiger partial charge in [0.1, 0.15) is 6.10 Å². The molecule has 5 nitrogen and oxygen atoms in total. The fourth-order valence-electron chi connectivity index (χ4n) is 1.85. The average Bonchev–Trinajstić information content (AvgIpc) is 2.44. The molecule has 1 aromatic rings. The first-order valence-electron chi connectivity index (χ1n) is 6.44. The first-order valence-corrected chi connectivity index (χ1v) is 6.44. The Kier molecular flexibility index (Phi) is 4.90. The zero-order chi connectivity index (χ0) is 14.4. The number of hydrogen-bond acceptors (Lipinski definition) is 5. The Labute approximate surface area is 117 Å². The Balaban J connectivity index is 1.95. The van der Waals surface area contributed by atoms with Crippen molar-refractivity contribution < 1.29 is 23.8 Å². The minimum Gasteiger partial charge on any atom is -0.435 e. The summed E-state index contributed by atoms with van der Waals surface area (Å²) in [5, 5.41) is 0. The van der Waals surface area contributed by atoms with Crippen LogP contribution in [0.15, 0.2) is 42.5 Å². The van der Waals surface area contributed by atoms with Crippen molar-refractivity contribution >= 4 is 11.9 Å². The molecule has 0 fully saturated rings. The summed E-state index contributed by atoms with van der Waals surface area (Å²) >= 11 is 0. The Hall–Kier alpha value is -2.14. The van der Waals surface area contributed by atoms with E-state index in [2.05, 4.69) is 4.74 Å². The van der Waals surface area contributed by atoms with Crippen LogP contribution >= 0.6 is 0 Å². The fraction of sp³-hybridized carbons (Fsp3) is 0.333. The summed E-state index contributed by atoms with van der Waals surface area (Å²) in [7, 11) is 0. The molecule has 0 spiro atoms. The van der Waals surface area contributed by atoms with Crippen molar-refractivity contribution in [3.8, 4) is 0 Å². The molecule has 1 aliphatic rings. The van der Waals surface area contributed by atoms with Crippen LogP contribution in [0.2, 0.25) is 0 Å². The monoisotopic (exact) mass is 276 g/mol. The van der Waals surface area contributed by atoms with E-state index in [-0.39, 0.29) is 12.4 Å². The van der Waals surface area contributed by atoms with E-state index in [0.29, 0.717) is 6.42 Å². The molecule has 1 heterocycles. The maximum atomic E-state index is 11.8. The Morgan fingerprint density at radius 2 is 2.05 bits per heavy atom. The van der Waals surface area contributed by atoms with E-state index in [1.807, 2.05) is 30.3 Å². The zero-order valence-electron chi connectivity index (χ0n) is 11.2. The summed E-state index contributed by atoms with van der Waals surface area (Å²) in [5.74, 6) is -0.141. The molecule has 5 heteroatoms. The number of ether oxygens (including phenoxy) is 3. The number of carbonyl (C=O) groups excluding carboxylic acids is 2. The van der Waals surface area contributed by atoms with E-state index in [1.165, 1.54) is 12.2 Å². The lowest BCUT2D eigenvalue weighted by Crippen LogP contribution is -2.35. The van der Waals surface area contributed by atoms with Crippen LogP contribution in [0.4, 0.5) is 4.79 Å². The van der Waals surface area contributed by atoms with E-state index in [4.69, 9.17) is 9.47 Å². The first kappa shape index (κ1) is 14.3. The standard InChI is InChI=1S/C15H16O5/c1-2-18-15(17)20-14-9-8-12(16)13(19-14)10-11-6-4-3-5-7-11/h3-9,13-14H,2,10H2,1H3. The second-order valence-electron chi connectivity index (χ2n) is 4.25. The Bertz CT molecular complexity index is 494. The van der Waals surface area contributed by atoms with E-state index < -0.39 is 18.5 Å². The van der Waals surface area contributed by atoms with Crippen LogP contribution in [0.3, 0.4) is 0 Å². The first-order chi connectivity index (χ1) is 9.69. The van der Waals surface area contributed by atoms with Crippen molar-refractivity contribution in [1.82, 2.24) is 0 Å². The molecule has 2 rings (SSSR count). The molecule has 0 aliphatic carbocycles. The SMILES string of the molecule is CCOC(=O)OC1C=CC(=O)C(Cc2ccccc2)O1. The third-order valence-corrected chi connectivity index (χ3v) is 2.77. The predicted molar refractivity (Wildman–Crippen MR) is 71.1 cm³/mol. The molecule has 0 radical (unpaired) electrons. The Morgan fingerprint density at radius 1 is 1.30 bits per heavy atom. The molecule has 0 N–H and O–H groups in total. The number of benzene rings is 1. The summed E-state index contributed by atoms with van der Waals surface area (Å²) in [6, 6.07) is 9.52. The zero-order valence-corrected chi connectivity index (χ0v) is 11.2. The van der Waals surface area contributed by atoms with Gasteiger partial charge in [0.05, 0.1) is 6.61 Å². The van der Waals surface area contributed by atoms with Gasteiger partial charge in [-0.25, -0.2) is 4.79 Å². The highest BCUT2D eigenvalue weighted by atomic mass is 16.8. The van der Waals surface area contributed by atoms with Crippen molar-refractivity contribution in [2.75, 3.05) is 6.61 Å². The molecule has 0 saturated heterocycles. The number of carbonyl (C=O) groups is 2. The van der Waals surface area contributed by atoms with Crippen LogP contribution < -0.4 is 0 Å². The number of rotatable bonds is 4. The van der Waals surface area contributed by atoms with Crippen molar-refractivity contribution in [1.29, 1.82) is 0 Å². The molecule has 1 aromatic carbocycles. The lowest BCUT2D eigenvalue weighted by Gasteiger charge is -2.24. The van der Waals surface area contributed by atoms with Gasteiger partial charge in [0.15, 0.2) is 5.78 Å². The summed E-state index contributed by atoms with van der Waals surface area (Å²) in [6.07, 6.45) is 0.867. The molecule has 0 bridgehead atoms. The topological polar surface area (TPSA) is 61.8 Å². The maximum absolute atomic E-state index is 11.8. The molecule has 1 aliphatic heterocycles. The highest BCUT2D eigenvalue weighted by Crippen LogP contribution is 2.16. The van der Waals surface area contributed by atoms with Crippen LogP contribution in [0.25, 0.3) is 0 Å². The molecular formula is C15H16O5. The van der Waals surface area contributed by atoms with Gasteiger partial charge in [-0.3, -0.25) is 4.79 Å². The maximum Gasteiger partial charge on any atom is 0.510 e. The van der Waals surface area contributed by atoms with E-state index >= 15 is 0 Å². The third-order valence-electron chi connectivity index (χ3n) is 2.77. The molecular weight excluding hydrogens is 260 g/mol. The summed E-state index contributed by atoms with van der Waals surface area (Å²) < 4.78 is 15.1. The van der Waals surface area contributed by atoms with Crippen molar-refractivity contribution in [2.24, 2.45) is 0 Å². The Morgan fingerprint density at radius 3 is 2.75 bits per heavy atom.